The molecule has 1 saturated heterocycles. The number of nitrogens with zero attached hydrogens (tertiary/aromatic N) is 4. The van der Waals surface area contributed by atoms with Gasteiger partial charge in [-0.25, -0.2) is 4.98 Å². The zero-order valence-corrected chi connectivity index (χ0v) is 14.2. The van der Waals surface area contributed by atoms with Crippen LogP contribution >= 0.6 is 0 Å². The number of hydrogen-bond donors (Lipinski definition) is 2. The van der Waals surface area contributed by atoms with Gasteiger partial charge in [-0.2, -0.15) is 5.10 Å². The lowest BCUT2D eigenvalue weighted by Gasteiger charge is -2.27. The van der Waals surface area contributed by atoms with E-state index in [-0.39, 0.29) is 5.91 Å². The van der Waals surface area contributed by atoms with Crippen molar-refractivity contribution in [1.82, 2.24) is 20.1 Å². The average molecular weight is 328 g/mol. The Balaban J connectivity index is 1.65. The summed E-state index contributed by atoms with van der Waals surface area (Å²) in [6.07, 6.45) is 8.98. The molecule has 2 aromatic heterocycles. The molecule has 0 radical (unpaired) electrons. The molecule has 7 nitrogen and oxygen atoms in total. The molecule has 3 heterocycles. The summed E-state index contributed by atoms with van der Waals surface area (Å²) < 4.78 is 1.68. The predicted octanol–water partition coefficient (Wildman–Crippen LogP) is 1.70. The second kappa shape index (κ2) is 7.44. The lowest BCUT2D eigenvalue weighted by atomic mass is 10.1. The van der Waals surface area contributed by atoms with E-state index in [2.05, 4.69) is 25.6 Å². The van der Waals surface area contributed by atoms with E-state index in [0.717, 1.165) is 24.5 Å². The number of likely N-dealkylation sites (N-methyl/N-ethyl adjacent to an activating group) is 1. The standard InChI is InChI=1S/C17H24N6O/c1-18-16(13-10-20-22(2)12-13)17(24)21-14-6-7-15(19-11-14)23-8-4-3-5-9-23/h6-7,10-12,16,18H,3-5,8-9H2,1-2H3,(H,21,24). The van der Waals surface area contributed by atoms with Crippen molar-refractivity contribution in [3.05, 3.63) is 36.3 Å². The summed E-state index contributed by atoms with van der Waals surface area (Å²) in [5, 5.41) is 10.0. The smallest absolute Gasteiger partial charge is 0.246 e. The van der Waals surface area contributed by atoms with Crippen LogP contribution in [-0.4, -0.2) is 40.8 Å². The van der Waals surface area contributed by atoms with Gasteiger partial charge in [0.05, 0.1) is 18.1 Å². The van der Waals surface area contributed by atoms with Crippen LogP contribution in [0, 0.1) is 0 Å². The molecule has 0 aromatic carbocycles. The zero-order valence-electron chi connectivity index (χ0n) is 14.2. The van der Waals surface area contributed by atoms with Gasteiger partial charge in [-0.15, -0.1) is 0 Å². The molecule has 0 bridgehead atoms. The second-order valence-electron chi connectivity index (χ2n) is 6.11. The fraction of sp³-hybridized carbons (Fsp3) is 0.471. The van der Waals surface area contributed by atoms with E-state index < -0.39 is 6.04 Å². The van der Waals surface area contributed by atoms with Crippen LogP contribution in [0.15, 0.2) is 30.7 Å². The topological polar surface area (TPSA) is 75.1 Å². The van der Waals surface area contributed by atoms with Crippen LogP contribution in [0.4, 0.5) is 11.5 Å². The van der Waals surface area contributed by atoms with Crippen molar-refractivity contribution in [1.29, 1.82) is 0 Å². The Bertz CT molecular complexity index is 675. The van der Waals surface area contributed by atoms with Gasteiger partial charge in [-0.1, -0.05) is 0 Å². The minimum absolute atomic E-state index is 0.127. The Morgan fingerprint density at radius 2 is 2.00 bits per heavy atom. The SMILES string of the molecule is CNC(C(=O)Nc1ccc(N2CCCCC2)nc1)c1cnn(C)c1. The van der Waals surface area contributed by atoms with E-state index in [4.69, 9.17) is 0 Å². The molecule has 1 aliphatic heterocycles. The summed E-state index contributed by atoms with van der Waals surface area (Å²) in [4.78, 5) is 19.3. The Morgan fingerprint density at radius 1 is 1.21 bits per heavy atom. The highest BCUT2D eigenvalue weighted by Crippen LogP contribution is 2.20. The summed E-state index contributed by atoms with van der Waals surface area (Å²) in [5.41, 5.74) is 1.53. The lowest BCUT2D eigenvalue weighted by Crippen LogP contribution is -2.31. The van der Waals surface area contributed by atoms with Crippen LogP contribution in [0.1, 0.15) is 30.9 Å². The molecule has 1 amide bonds. The number of hydrogen-bond acceptors (Lipinski definition) is 5. The number of aryl methyl sites for hydroxylation is 1. The molecule has 0 aliphatic carbocycles. The van der Waals surface area contributed by atoms with Crippen molar-refractivity contribution < 1.29 is 4.79 Å². The Morgan fingerprint density at radius 3 is 2.58 bits per heavy atom. The quantitative estimate of drug-likeness (QED) is 0.874. The average Bonchev–Trinajstić information content (AvgIpc) is 3.03. The molecule has 2 aromatic rings. The van der Waals surface area contributed by atoms with Crippen LogP contribution < -0.4 is 15.5 Å². The number of rotatable bonds is 5. The Kier molecular flexibility index (Phi) is 5.10. The van der Waals surface area contributed by atoms with Crippen molar-refractivity contribution >= 4 is 17.4 Å². The van der Waals surface area contributed by atoms with Gasteiger partial charge >= 0.3 is 0 Å². The molecule has 128 valence electrons. The van der Waals surface area contributed by atoms with Crippen molar-refractivity contribution in [3.8, 4) is 0 Å². The maximum absolute atomic E-state index is 12.5. The van der Waals surface area contributed by atoms with Crippen LogP contribution in [-0.2, 0) is 11.8 Å². The second-order valence-corrected chi connectivity index (χ2v) is 6.11. The molecule has 0 saturated carbocycles. The first-order valence-corrected chi connectivity index (χ1v) is 8.35. The molecular formula is C17H24N6O. The minimum atomic E-state index is -0.444. The van der Waals surface area contributed by atoms with Crippen molar-refractivity contribution in [2.24, 2.45) is 7.05 Å². The normalized spacial score (nSPS) is 16.0. The predicted molar refractivity (Wildman–Crippen MR) is 93.9 cm³/mol. The molecule has 1 aliphatic rings. The van der Waals surface area contributed by atoms with Crippen molar-refractivity contribution in [3.63, 3.8) is 0 Å². The highest BCUT2D eigenvalue weighted by Gasteiger charge is 2.20. The maximum Gasteiger partial charge on any atom is 0.246 e. The summed E-state index contributed by atoms with van der Waals surface area (Å²) in [5.74, 6) is 0.850. The van der Waals surface area contributed by atoms with Gasteiger partial charge in [0.2, 0.25) is 5.91 Å². The van der Waals surface area contributed by atoms with Crippen LogP contribution in [0.2, 0.25) is 0 Å². The monoisotopic (exact) mass is 328 g/mol. The number of carbonyl (C=O) groups is 1. The molecule has 3 rings (SSSR count). The van der Waals surface area contributed by atoms with Crippen LogP contribution in [0.25, 0.3) is 0 Å². The largest absolute Gasteiger partial charge is 0.357 e. The van der Waals surface area contributed by atoms with E-state index >= 15 is 0 Å². The molecule has 24 heavy (non-hydrogen) atoms. The molecule has 1 unspecified atom stereocenters. The van der Waals surface area contributed by atoms with Crippen molar-refractivity contribution in [2.75, 3.05) is 30.4 Å². The molecule has 1 fully saturated rings. The van der Waals surface area contributed by atoms with Crippen LogP contribution in [0.5, 0.6) is 0 Å². The minimum Gasteiger partial charge on any atom is -0.357 e. The first-order chi connectivity index (χ1) is 11.7. The van der Waals surface area contributed by atoms with Gasteiger partial charge in [-0.05, 0) is 38.4 Å². The van der Waals surface area contributed by atoms with Gasteiger partial charge < -0.3 is 15.5 Å². The van der Waals surface area contributed by atoms with Crippen LogP contribution in [0.3, 0.4) is 0 Å². The Labute approximate surface area is 142 Å². The van der Waals surface area contributed by atoms with Gasteiger partial charge in [0.15, 0.2) is 0 Å². The summed E-state index contributed by atoms with van der Waals surface area (Å²) >= 11 is 0. The van der Waals surface area contributed by atoms with Gasteiger partial charge in [0, 0.05) is 31.9 Å². The molecule has 0 spiro atoms. The molecular weight excluding hydrogens is 304 g/mol. The Hall–Kier alpha value is -2.41. The number of carbonyl (C=O) groups excluding carboxylic acids is 1. The highest BCUT2D eigenvalue weighted by molar-refractivity contribution is 5.95. The maximum atomic E-state index is 12.5. The van der Waals surface area contributed by atoms with Crippen molar-refractivity contribution in [2.45, 2.75) is 25.3 Å². The zero-order chi connectivity index (χ0) is 16.9. The van der Waals surface area contributed by atoms with E-state index in [1.165, 1.54) is 19.3 Å². The van der Waals surface area contributed by atoms with E-state index in [1.807, 2.05) is 25.4 Å². The number of aromatic nitrogens is 3. The molecule has 2 N–H and O–H groups in total. The van der Waals surface area contributed by atoms with E-state index in [1.54, 1.807) is 24.1 Å². The summed E-state index contributed by atoms with van der Waals surface area (Å²) in [6, 6.07) is 3.44. The molecule has 1 atom stereocenters. The third kappa shape index (κ3) is 3.73. The summed E-state index contributed by atoms with van der Waals surface area (Å²) in [7, 11) is 3.59. The summed E-state index contributed by atoms with van der Waals surface area (Å²) in [6.45, 7) is 2.11. The first kappa shape index (κ1) is 16.4. The number of piperidine rings is 1. The van der Waals surface area contributed by atoms with Gasteiger partial charge in [0.1, 0.15) is 11.9 Å². The van der Waals surface area contributed by atoms with E-state index in [0.29, 0.717) is 5.69 Å². The fourth-order valence-electron chi connectivity index (χ4n) is 3.02. The van der Waals surface area contributed by atoms with Gasteiger partial charge in [0.25, 0.3) is 0 Å². The third-order valence-corrected chi connectivity index (χ3v) is 4.30. The third-order valence-electron chi connectivity index (χ3n) is 4.30. The first-order valence-electron chi connectivity index (χ1n) is 8.35. The number of amides is 1. The highest BCUT2D eigenvalue weighted by atomic mass is 16.2. The molecule has 7 heteroatoms. The fourth-order valence-corrected chi connectivity index (χ4v) is 3.02. The lowest BCUT2D eigenvalue weighted by molar-refractivity contribution is -0.118. The number of pyridine rings is 1. The van der Waals surface area contributed by atoms with Gasteiger partial charge in [-0.3, -0.25) is 9.48 Å². The number of nitrogens with one attached hydrogen (secondary N) is 2. The van der Waals surface area contributed by atoms with E-state index in [9.17, 15) is 4.79 Å². The number of anilines is 2.